The maximum atomic E-state index is 13.3. The Morgan fingerprint density at radius 3 is 2.12 bits per heavy atom. The summed E-state index contributed by atoms with van der Waals surface area (Å²) in [5.41, 5.74) is 1.91. The van der Waals surface area contributed by atoms with Gasteiger partial charge in [-0.05, 0) is 37.1 Å². The zero-order valence-corrected chi connectivity index (χ0v) is 15.6. The maximum Gasteiger partial charge on any atom is 0.351 e. The minimum absolute atomic E-state index is 0.314. The first-order valence-corrected chi connectivity index (χ1v) is 9.99. The topological polar surface area (TPSA) is 47.6 Å². The Kier molecular flexibility index (Phi) is 7.47. The highest BCUT2D eigenvalue weighted by Gasteiger charge is 2.36. The van der Waals surface area contributed by atoms with Crippen LogP contribution in [0.25, 0.3) is 0 Å². The first kappa shape index (κ1) is 19.2. The van der Waals surface area contributed by atoms with Crippen molar-refractivity contribution in [3.8, 4) is 0 Å². The lowest BCUT2D eigenvalue weighted by atomic mass is 10.2. The standard InChI is InChI=1S/C18H23ClNO3P/c1-3-22-24(21,23-4-2)18(16-10-12-17(19)13-11-16)20-14-15-8-6-5-7-9-15/h5-13,18,20H,3-4,14H2,1-2H3. The Labute approximate surface area is 148 Å². The fraction of sp³-hybridized carbons (Fsp3) is 0.333. The summed E-state index contributed by atoms with van der Waals surface area (Å²) in [7, 11) is -3.36. The lowest BCUT2D eigenvalue weighted by Gasteiger charge is -2.27. The lowest BCUT2D eigenvalue weighted by Crippen LogP contribution is -2.23. The molecule has 1 N–H and O–H groups in total. The van der Waals surface area contributed by atoms with E-state index in [1.807, 2.05) is 56.3 Å². The average Bonchev–Trinajstić information content (AvgIpc) is 2.58. The fourth-order valence-corrected chi connectivity index (χ4v) is 4.48. The first-order valence-electron chi connectivity index (χ1n) is 8.00. The molecule has 2 aromatic carbocycles. The van der Waals surface area contributed by atoms with Gasteiger partial charge in [-0.15, -0.1) is 0 Å². The summed E-state index contributed by atoms with van der Waals surface area (Å²) < 4.78 is 24.4. The third-order valence-corrected chi connectivity index (χ3v) is 6.06. The van der Waals surface area contributed by atoms with E-state index in [1.165, 1.54) is 0 Å². The maximum absolute atomic E-state index is 13.3. The Morgan fingerprint density at radius 1 is 1.00 bits per heavy atom. The van der Waals surface area contributed by atoms with Crippen LogP contribution in [0.2, 0.25) is 5.02 Å². The molecule has 0 aliphatic carbocycles. The zero-order chi connectivity index (χ0) is 17.4. The van der Waals surface area contributed by atoms with Crippen LogP contribution in [-0.2, 0) is 20.2 Å². The van der Waals surface area contributed by atoms with Crippen LogP contribution < -0.4 is 5.32 Å². The van der Waals surface area contributed by atoms with Gasteiger partial charge in [0.2, 0.25) is 0 Å². The summed E-state index contributed by atoms with van der Waals surface area (Å²) in [5.74, 6) is -0.560. The van der Waals surface area contributed by atoms with Crippen molar-refractivity contribution in [3.05, 3.63) is 70.7 Å². The average molecular weight is 368 g/mol. The van der Waals surface area contributed by atoms with Gasteiger partial charge in [0.1, 0.15) is 5.78 Å². The first-order chi connectivity index (χ1) is 11.6. The second-order valence-electron chi connectivity index (χ2n) is 5.20. The smallest absolute Gasteiger partial charge is 0.308 e. The number of benzene rings is 2. The molecule has 0 saturated carbocycles. The molecule has 1 atom stereocenters. The molecular formula is C18H23ClNO3P. The predicted molar refractivity (Wildman–Crippen MR) is 98.3 cm³/mol. The molecule has 4 nitrogen and oxygen atoms in total. The Balaban J connectivity index is 2.29. The second kappa shape index (κ2) is 9.36. The molecule has 0 fully saturated rings. The van der Waals surface area contributed by atoms with Gasteiger partial charge in [0.15, 0.2) is 0 Å². The van der Waals surface area contributed by atoms with Crippen molar-refractivity contribution in [2.75, 3.05) is 13.2 Å². The highest BCUT2D eigenvalue weighted by Crippen LogP contribution is 2.59. The molecule has 0 aromatic heterocycles. The van der Waals surface area contributed by atoms with Crippen LogP contribution in [0.5, 0.6) is 0 Å². The second-order valence-corrected chi connectivity index (χ2v) is 7.74. The Morgan fingerprint density at radius 2 is 1.58 bits per heavy atom. The summed E-state index contributed by atoms with van der Waals surface area (Å²) >= 11 is 5.97. The Hall–Kier alpha value is -1.16. The molecule has 0 radical (unpaired) electrons. The van der Waals surface area contributed by atoms with Crippen LogP contribution in [-0.4, -0.2) is 13.2 Å². The molecular weight excluding hydrogens is 345 g/mol. The SMILES string of the molecule is CCOP(=O)(OCC)C(NCc1ccccc1)c1ccc(Cl)cc1. The van der Waals surface area contributed by atoms with E-state index in [0.717, 1.165) is 11.1 Å². The van der Waals surface area contributed by atoms with E-state index in [-0.39, 0.29) is 0 Å². The minimum Gasteiger partial charge on any atom is -0.308 e. The minimum atomic E-state index is -3.36. The van der Waals surface area contributed by atoms with Crippen LogP contribution in [0.3, 0.4) is 0 Å². The largest absolute Gasteiger partial charge is 0.351 e. The summed E-state index contributed by atoms with van der Waals surface area (Å²) in [5, 5.41) is 3.95. The Bertz CT molecular complexity index is 654. The fourth-order valence-electron chi connectivity index (χ4n) is 2.41. The van der Waals surface area contributed by atoms with Gasteiger partial charge in [-0.1, -0.05) is 54.1 Å². The van der Waals surface area contributed by atoms with E-state index in [4.69, 9.17) is 20.6 Å². The van der Waals surface area contributed by atoms with Crippen LogP contribution >= 0.6 is 19.2 Å². The van der Waals surface area contributed by atoms with Gasteiger partial charge in [0.25, 0.3) is 0 Å². The van der Waals surface area contributed by atoms with Crippen molar-refractivity contribution in [2.45, 2.75) is 26.2 Å². The van der Waals surface area contributed by atoms with Gasteiger partial charge in [-0.25, -0.2) is 0 Å². The number of hydrogen-bond acceptors (Lipinski definition) is 4. The molecule has 0 saturated heterocycles. The van der Waals surface area contributed by atoms with Crippen molar-refractivity contribution in [2.24, 2.45) is 0 Å². The molecule has 0 aliphatic heterocycles. The zero-order valence-electron chi connectivity index (χ0n) is 13.9. The van der Waals surface area contributed by atoms with Crippen LogP contribution in [0, 0.1) is 0 Å². The van der Waals surface area contributed by atoms with E-state index in [9.17, 15) is 4.57 Å². The summed E-state index contributed by atoms with van der Waals surface area (Å²) in [4.78, 5) is 0. The van der Waals surface area contributed by atoms with Crippen molar-refractivity contribution >= 4 is 19.2 Å². The molecule has 0 spiro atoms. The number of rotatable bonds is 9. The molecule has 2 aromatic rings. The van der Waals surface area contributed by atoms with E-state index >= 15 is 0 Å². The number of nitrogens with one attached hydrogen (secondary N) is 1. The normalized spacial score (nSPS) is 13.0. The summed E-state index contributed by atoms with van der Waals surface area (Å²) in [6.45, 7) is 4.80. The van der Waals surface area contributed by atoms with Crippen molar-refractivity contribution in [3.63, 3.8) is 0 Å². The molecule has 130 valence electrons. The van der Waals surface area contributed by atoms with Crippen molar-refractivity contribution in [1.29, 1.82) is 0 Å². The molecule has 0 heterocycles. The molecule has 0 bridgehead atoms. The number of halogens is 1. The molecule has 0 amide bonds. The third kappa shape index (κ3) is 5.17. The molecule has 6 heteroatoms. The molecule has 1 unspecified atom stereocenters. The van der Waals surface area contributed by atoms with E-state index in [0.29, 0.717) is 24.8 Å². The number of hydrogen-bond donors (Lipinski definition) is 1. The van der Waals surface area contributed by atoms with Gasteiger partial charge < -0.3 is 9.05 Å². The van der Waals surface area contributed by atoms with Crippen LogP contribution in [0.1, 0.15) is 30.8 Å². The molecule has 0 aliphatic rings. The van der Waals surface area contributed by atoms with E-state index < -0.39 is 13.4 Å². The monoisotopic (exact) mass is 367 g/mol. The van der Waals surface area contributed by atoms with Gasteiger partial charge in [0, 0.05) is 11.6 Å². The predicted octanol–water partition coefficient (Wildman–Crippen LogP) is 5.39. The van der Waals surface area contributed by atoms with Gasteiger partial charge in [-0.2, -0.15) is 0 Å². The van der Waals surface area contributed by atoms with Crippen LogP contribution in [0.15, 0.2) is 54.6 Å². The van der Waals surface area contributed by atoms with Gasteiger partial charge in [0.05, 0.1) is 13.2 Å². The van der Waals surface area contributed by atoms with Crippen LogP contribution in [0.4, 0.5) is 0 Å². The quantitative estimate of drug-likeness (QED) is 0.603. The highest BCUT2D eigenvalue weighted by atomic mass is 35.5. The third-order valence-electron chi connectivity index (χ3n) is 3.46. The summed E-state index contributed by atoms with van der Waals surface area (Å²) in [6.07, 6.45) is 0. The molecule has 24 heavy (non-hydrogen) atoms. The van der Waals surface area contributed by atoms with Gasteiger partial charge in [-0.3, -0.25) is 9.88 Å². The van der Waals surface area contributed by atoms with E-state index in [2.05, 4.69) is 5.32 Å². The lowest BCUT2D eigenvalue weighted by molar-refractivity contribution is 0.207. The highest BCUT2D eigenvalue weighted by molar-refractivity contribution is 7.54. The van der Waals surface area contributed by atoms with Crippen molar-refractivity contribution in [1.82, 2.24) is 5.32 Å². The summed E-state index contributed by atoms with van der Waals surface area (Å²) in [6, 6.07) is 17.2. The van der Waals surface area contributed by atoms with Gasteiger partial charge >= 0.3 is 7.60 Å². The van der Waals surface area contributed by atoms with E-state index in [1.54, 1.807) is 12.1 Å². The van der Waals surface area contributed by atoms with Crippen molar-refractivity contribution < 1.29 is 13.6 Å². The molecule has 2 rings (SSSR count).